The molecular formula is C21H27F2N5O14P2S. The standard InChI is InChI=1S/C21H27F2N5O14P2S/c1-3-21(23)16(33)11(39-17(21)9-4-27-28-18(9)25-7-26-20(28)24)6-37-44(36,45)42-43(34,35)41-19-15(38-8(2)30)13(32)12(31)14(40-19)10(22)5-29/h1,4,7,10-17,19,29,31-33H,5-6H2,2H3,(H,34,35)(H,36,45)(H2,24,25,26)/t10-,11+,12?,13?,14?,15?,16+,17-,19?,21+,44?/m0/s1. The van der Waals surface area contributed by atoms with Crippen molar-refractivity contribution in [3.8, 4) is 12.3 Å². The smallest absolute Gasteiger partial charge is 0.454 e. The number of aromatic nitrogens is 4. The molecule has 4 heterocycles. The number of aliphatic hydroxyl groups is 4. The molecule has 0 bridgehead atoms. The van der Waals surface area contributed by atoms with Gasteiger partial charge in [-0.25, -0.2) is 27.6 Å². The van der Waals surface area contributed by atoms with Gasteiger partial charge in [-0.2, -0.15) is 9.61 Å². The van der Waals surface area contributed by atoms with Crippen molar-refractivity contribution in [1.82, 2.24) is 19.6 Å². The van der Waals surface area contributed by atoms with Gasteiger partial charge in [0.2, 0.25) is 17.9 Å². The molecule has 2 aromatic heterocycles. The van der Waals surface area contributed by atoms with Crippen LogP contribution in [0.3, 0.4) is 0 Å². The zero-order valence-corrected chi connectivity index (χ0v) is 25.3. The average Bonchev–Trinajstić information content (AvgIpc) is 3.50. The lowest BCUT2D eigenvalue weighted by atomic mass is 9.90. The van der Waals surface area contributed by atoms with Crippen LogP contribution in [0.4, 0.5) is 14.7 Å². The largest absolute Gasteiger partial charge is 0.481 e. The average molecular weight is 705 g/mol. The third-order valence-electron chi connectivity index (χ3n) is 6.60. The van der Waals surface area contributed by atoms with E-state index in [0.29, 0.717) is 0 Å². The van der Waals surface area contributed by atoms with Crippen LogP contribution in [0.1, 0.15) is 18.6 Å². The molecule has 8 N–H and O–H groups in total. The Labute approximate surface area is 256 Å². The van der Waals surface area contributed by atoms with Crippen molar-refractivity contribution in [2.24, 2.45) is 0 Å². The van der Waals surface area contributed by atoms with Gasteiger partial charge in [-0.3, -0.25) is 9.32 Å². The molecule has 12 atom stereocenters. The quantitative estimate of drug-likeness (QED) is 0.0751. The lowest BCUT2D eigenvalue weighted by Gasteiger charge is -2.42. The van der Waals surface area contributed by atoms with Gasteiger partial charge in [0, 0.05) is 6.92 Å². The second kappa shape index (κ2) is 13.4. The Hall–Kier alpha value is -2.32. The number of esters is 1. The van der Waals surface area contributed by atoms with Gasteiger partial charge in [-0.15, -0.1) is 6.42 Å². The minimum absolute atomic E-state index is 0.0116. The molecule has 4 rings (SSSR count). The van der Waals surface area contributed by atoms with E-state index in [-0.39, 0.29) is 17.2 Å². The Balaban J connectivity index is 1.47. The zero-order valence-electron chi connectivity index (χ0n) is 22.7. The van der Waals surface area contributed by atoms with Gasteiger partial charge in [0.05, 0.1) is 25.0 Å². The molecule has 0 aliphatic carbocycles. The van der Waals surface area contributed by atoms with E-state index in [1.807, 2.05) is 0 Å². The number of phosphoric ester groups is 1. The highest BCUT2D eigenvalue weighted by Gasteiger charge is 2.58. The monoisotopic (exact) mass is 705 g/mol. The van der Waals surface area contributed by atoms with Gasteiger partial charge in [-0.1, -0.05) is 5.92 Å². The summed E-state index contributed by atoms with van der Waals surface area (Å²) in [7, 11) is -5.64. The van der Waals surface area contributed by atoms with Crippen molar-refractivity contribution >= 4 is 43.9 Å². The summed E-state index contributed by atoms with van der Waals surface area (Å²) in [6, 6.07) is 0. The number of terminal acetylenes is 1. The summed E-state index contributed by atoms with van der Waals surface area (Å²) in [5.74, 6) is 0.605. The first-order valence-corrected chi connectivity index (χ1v) is 16.6. The fraction of sp³-hybridized carbons (Fsp3) is 0.619. The van der Waals surface area contributed by atoms with Gasteiger partial charge in [0.25, 0.3) is 0 Å². The molecule has 0 amide bonds. The molecule has 2 aliphatic rings. The molecule has 2 fully saturated rings. The summed E-state index contributed by atoms with van der Waals surface area (Å²) in [6.45, 7) is -6.19. The SMILES string of the molecule is C#C[C@@]1(F)[C@H](O)[C@@H](COP(O)(=S)OP(=O)(O)OC2OC([C@@H](F)CO)C(O)C(O)C2OC(C)=O)O[C@H]1c1cnn2c(N)ncnc12. The van der Waals surface area contributed by atoms with Crippen molar-refractivity contribution in [3.63, 3.8) is 0 Å². The summed E-state index contributed by atoms with van der Waals surface area (Å²) in [5.41, 5.74) is 2.74. The van der Waals surface area contributed by atoms with E-state index in [4.69, 9.17) is 52.3 Å². The third-order valence-corrected chi connectivity index (χ3v) is 10.1. The van der Waals surface area contributed by atoms with E-state index < -0.39 is 94.6 Å². The number of nitrogens with two attached hydrogens (primary N) is 1. The number of carbonyl (C=O) groups is 1. The van der Waals surface area contributed by atoms with Gasteiger partial charge in [0.1, 0.15) is 43.0 Å². The first-order valence-electron chi connectivity index (χ1n) is 12.5. The summed E-state index contributed by atoms with van der Waals surface area (Å²) >= 11 is 4.72. The highest BCUT2D eigenvalue weighted by molar-refractivity contribution is 8.08. The minimum Gasteiger partial charge on any atom is -0.454 e. The maximum atomic E-state index is 15.9. The number of rotatable bonds is 11. The number of fused-ring (bicyclic) bond motifs is 1. The molecule has 24 heteroatoms. The molecule has 250 valence electrons. The van der Waals surface area contributed by atoms with Crippen LogP contribution in [-0.2, 0) is 48.7 Å². The minimum atomic E-state index is -5.64. The van der Waals surface area contributed by atoms with Crippen molar-refractivity contribution in [3.05, 3.63) is 18.1 Å². The Morgan fingerprint density at radius 3 is 2.62 bits per heavy atom. The van der Waals surface area contributed by atoms with Crippen molar-refractivity contribution in [2.45, 2.75) is 67.8 Å². The van der Waals surface area contributed by atoms with E-state index in [9.17, 15) is 38.9 Å². The topological polar surface area (TPSA) is 280 Å². The summed E-state index contributed by atoms with van der Waals surface area (Å²) in [4.78, 5) is 39.9. The summed E-state index contributed by atoms with van der Waals surface area (Å²) < 4.78 is 73.4. The lowest BCUT2D eigenvalue weighted by Crippen LogP contribution is -2.61. The molecule has 2 saturated heterocycles. The first kappa shape index (κ1) is 35.5. The molecule has 0 radical (unpaired) electrons. The Morgan fingerprint density at radius 2 is 2.00 bits per heavy atom. The van der Waals surface area contributed by atoms with E-state index in [2.05, 4.69) is 19.4 Å². The number of phosphoric acid groups is 1. The van der Waals surface area contributed by atoms with E-state index in [1.54, 1.807) is 5.92 Å². The number of halogens is 2. The zero-order chi connectivity index (χ0) is 33.5. The molecule has 7 unspecified atom stereocenters. The fourth-order valence-corrected chi connectivity index (χ4v) is 7.63. The molecule has 0 saturated carbocycles. The number of carbonyl (C=O) groups excluding carboxylic acids is 1. The first-order chi connectivity index (χ1) is 20.9. The van der Waals surface area contributed by atoms with Crippen molar-refractivity contribution in [2.75, 3.05) is 18.9 Å². The van der Waals surface area contributed by atoms with Gasteiger partial charge < -0.3 is 54.7 Å². The Morgan fingerprint density at radius 1 is 1.31 bits per heavy atom. The number of aliphatic hydroxyl groups excluding tert-OH is 4. The second-order valence-electron chi connectivity index (χ2n) is 9.62. The van der Waals surface area contributed by atoms with E-state index in [0.717, 1.165) is 24.0 Å². The highest BCUT2D eigenvalue weighted by Crippen LogP contribution is 2.62. The molecule has 19 nitrogen and oxygen atoms in total. The van der Waals surface area contributed by atoms with Crippen LogP contribution < -0.4 is 5.73 Å². The molecule has 2 aromatic rings. The molecule has 2 aliphatic heterocycles. The Bertz CT molecular complexity index is 1550. The van der Waals surface area contributed by atoms with Crippen LogP contribution in [0.15, 0.2) is 12.5 Å². The Kier molecular flexibility index (Phi) is 10.6. The molecular weight excluding hydrogens is 678 g/mol. The van der Waals surface area contributed by atoms with Crippen LogP contribution in [0.2, 0.25) is 0 Å². The van der Waals surface area contributed by atoms with Gasteiger partial charge in [0.15, 0.2) is 17.9 Å². The summed E-state index contributed by atoms with van der Waals surface area (Å²) in [6.07, 6.45) is -11.0. The number of hydrogen-bond donors (Lipinski definition) is 7. The predicted octanol–water partition coefficient (Wildman–Crippen LogP) is -2.08. The molecule has 45 heavy (non-hydrogen) atoms. The van der Waals surface area contributed by atoms with Crippen molar-refractivity contribution in [1.29, 1.82) is 0 Å². The number of nitrogen functional groups attached to an aromatic ring is 1. The lowest BCUT2D eigenvalue weighted by molar-refractivity contribution is -0.290. The van der Waals surface area contributed by atoms with Crippen LogP contribution in [-0.4, -0.2) is 124 Å². The van der Waals surface area contributed by atoms with Gasteiger partial charge in [-0.05, 0) is 11.8 Å². The molecule has 0 spiro atoms. The van der Waals surface area contributed by atoms with Crippen LogP contribution in [0.25, 0.3) is 5.65 Å². The van der Waals surface area contributed by atoms with Crippen LogP contribution in [0, 0.1) is 12.3 Å². The maximum absolute atomic E-state index is 15.9. The van der Waals surface area contributed by atoms with Crippen LogP contribution in [0.5, 0.6) is 0 Å². The van der Waals surface area contributed by atoms with Crippen LogP contribution >= 0.6 is 14.5 Å². The number of nitrogens with zero attached hydrogens (tertiary/aromatic N) is 4. The normalized spacial score (nSPS) is 35.3. The summed E-state index contributed by atoms with van der Waals surface area (Å²) in [5, 5.41) is 44.1. The third kappa shape index (κ3) is 7.32. The second-order valence-corrected chi connectivity index (χ2v) is 14.0. The van der Waals surface area contributed by atoms with E-state index >= 15 is 4.39 Å². The fourth-order valence-electron chi connectivity index (χ4n) is 4.54. The molecule has 0 aromatic carbocycles. The predicted molar refractivity (Wildman–Crippen MR) is 144 cm³/mol. The number of ether oxygens (including phenoxy) is 3. The highest BCUT2D eigenvalue weighted by atomic mass is 32.5. The van der Waals surface area contributed by atoms with Crippen molar-refractivity contribution < 1.29 is 75.9 Å². The maximum Gasteiger partial charge on any atom is 0.481 e. The van der Waals surface area contributed by atoms with Gasteiger partial charge >= 0.3 is 20.5 Å². The van der Waals surface area contributed by atoms with E-state index in [1.165, 1.54) is 0 Å². The number of anilines is 1. The number of hydrogen-bond acceptors (Lipinski definition) is 17. The number of alkyl halides is 2.